The Morgan fingerprint density at radius 3 is 2.56 bits per heavy atom. The molecule has 3 heteroatoms. The second kappa shape index (κ2) is 4.58. The lowest BCUT2D eigenvalue weighted by Crippen LogP contribution is -2.37. The van der Waals surface area contributed by atoms with Crippen molar-refractivity contribution in [3.63, 3.8) is 0 Å². The van der Waals surface area contributed by atoms with E-state index in [1.54, 1.807) is 6.26 Å². The van der Waals surface area contributed by atoms with Gasteiger partial charge < -0.3 is 4.42 Å². The van der Waals surface area contributed by atoms with Gasteiger partial charge in [0.2, 0.25) is 0 Å². The van der Waals surface area contributed by atoms with Crippen LogP contribution >= 0.6 is 0 Å². The number of hydrogen-bond acceptors (Lipinski definition) is 3. The van der Waals surface area contributed by atoms with E-state index in [1.807, 2.05) is 0 Å². The molecule has 1 saturated heterocycles. The van der Waals surface area contributed by atoms with Crippen LogP contribution in [0.2, 0.25) is 0 Å². The zero-order valence-electron chi connectivity index (χ0n) is 10.6. The Labute approximate surface area is 97.8 Å². The Kier molecular flexibility index (Phi) is 3.33. The first kappa shape index (κ1) is 11.6. The van der Waals surface area contributed by atoms with Crippen LogP contribution in [0.4, 0.5) is 0 Å². The molecule has 0 aliphatic carbocycles. The first-order chi connectivity index (χ1) is 7.55. The molecule has 1 aliphatic heterocycles. The van der Waals surface area contributed by atoms with Gasteiger partial charge in [0.25, 0.3) is 0 Å². The van der Waals surface area contributed by atoms with Crippen molar-refractivity contribution < 1.29 is 4.42 Å². The minimum atomic E-state index is 0.458. The molecule has 2 heterocycles. The second-order valence-corrected chi connectivity index (χ2v) is 5.90. The number of rotatable bonds is 2. The third-order valence-corrected chi connectivity index (χ3v) is 3.68. The van der Waals surface area contributed by atoms with E-state index in [9.17, 15) is 0 Å². The van der Waals surface area contributed by atoms with Gasteiger partial charge in [-0.3, -0.25) is 4.90 Å². The maximum absolute atomic E-state index is 4.99. The minimum Gasteiger partial charge on any atom is -0.451 e. The van der Waals surface area contributed by atoms with Crippen LogP contribution in [0.1, 0.15) is 39.3 Å². The van der Waals surface area contributed by atoms with Crippen molar-refractivity contribution in [2.45, 2.75) is 40.2 Å². The van der Waals surface area contributed by atoms with Crippen molar-refractivity contribution in [1.82, 2.24) is 9.88 Å². The number of nitrogens with zero attached hydrogens (tertiary/aromatic N) is 2. The van der Waals surface area contributed by atoms with Gasteiger partial charge in [-0.2, -0.15) is 0 Å². The standard InChI is InChI=1S/C13H22N2O/c1-13(2,3)11-4-6-15(7-5-11)8-12-9-16-10-14-12/h9-11H,4-8H2,1-3H3. The number of likely N-dealkylation sites (tertiary alicyclic amines) is 1. The molecule has 0 bridgehead atoms. The van der Waals surface area contributed by atoms with Crippen LogP contribution in [-0.4, -0.2) is 23.0 Å². The van der Waals surface area contributed by atoms with Crippen molar-refractivity contribution in [3.8, 4) is 0 Å². The molecule has 2 rings (SSSR count). The van der Waals surface area contributed by atoms with E-state index in [1.165, 1.54) is 32.3 Å². The first-order valence-electron chi connectivity index (χ1n) is 6.15. The van der Waals surface area contributed by atoms with E-state index in [4.69, 9.17) is 4.42 Å². The molecule has 0 atom stereocenters. The summed E-state index contributed by atoms with van der Waals surface area (Å²) < 4.78 is 4.99. The molecule has 1 aliphatic rings. The summed E-state index contributed by atoms with van der Waals surface area (Å²) in [6.07, 6.45) is 5.87. The van der Waals surface area contributed by atoms with Crippen molar-refractivity contribution in [1.29, 1.82) is 0 Å². The maximum atomic E-state index is 4.99. The molecule has 3 nitrogen and oxygen atoms in total. The maximum Gasteiger partial charge on any atom is 0.180 e. The summed E-state index contributed by atoms with van der Waals surface area (Å²) in [5, 5.41) is 0. The van der Waals surface area contributed by atoms with E-state index in [-0.39, 0.29) is 0 Å². The molecule has 16 heavy (non-hydrogen) atoms. The predicted octanol–water partition coefficient (Wildman–Crippen LogP) is 2.93. The van der Waals surface area contributed by atoms with Gasteiger partial charge in [-0.1, -0.05) is 20.8 Å². The molecule has 0 aromatic carbocycles. The summed E-state index contributed by atoms with van der Waals surface area (Å²) in [6, 6.07) is 0. The van der Waals surface area contributed by atoms with Gasteiger partial charge in [0.15, 0.2) is 6.39 Å². The highest BCUT2D eigenvalue weighted by molar-refractivity contribution is 4.92. The Morgan fingerprint density at radius 1 is 1.38 bits per heavy atom. The zero-order valence-corrected chi connectivity index (χ0v) is 10.6. The molecule has 0 radical (unpaired) electrons. The summed E-state index contributed by atoms with van der Waals surface area (Å²) in [5.74, 6) is 0.862. The lowest BCUT2D eigenvalue weighted by molar-refractivity contribution is 0.107. The van der Waals surface area contributed by atoms with Crippen LogP contribution in [0.5, 0.6) is 0 Å². The van der Waals surface area contributed by atoms with Gasteiger partial charge in [-0.05, 0) is 37.3 Å². The predicted molar refractivity (Wildman–Crippen MR) is 64.0 cm³/mol. The number of oxazole rings is 1. The second-order valence-electron chi connectivity index (χ2n) is 5.90. The molecule has 0 N–H and O–H groups in total. The molecule has 90 valence electrons. The van der Waals surface area contributed by atoms with E-state index < -0.39 is 0 Å². The summed E-state index contributed by atoms with van der Waals surface area (Å²) in [7, 11) is 0. The summed E-state index contributed by atoms with van der Waals surface area (Å²) in [5.41, 5.74) is 1.51. The number of hydrogen-bond donors (Lipinski definition) is 0. The fourth-order valence-corrected chi connectivity index (χ4v) is 2.50. The molecule has 0 spiro atoms. The Hall–Kier alpha value is -0.830. The molecular formula is C13H22N2O. The smallest absolute Gasteiger partial charge is 0.180 e. The largest absolute Gasteiger partial charge is 0.451 e. The number of aromatic nitrogens is 1. The SMILES string of the molecule is CC(C)(C)C1CCN(Cc2cocn2)CC1. The monoisotopic (exact) mass is 222 g/mol. The number of piperidine rings is 1. The average molecular weight is 222 g/mol. The highest BCUT2D eigenvalue weighted by atomic mass is 16.3. The Morgan fingerprint density at radius 2 is 2.06 bits per heavy atom. The van der Waals surface area contributed by atoms with Gasteiger partial charge in [0.05, 0.1) is 5.69 Å². The fraction of sp³-hybridized carbons (Fsp3) is 0.769. The van der Waals surface area contributed by atoms with Crippen LogP contribution < -0.4 is 0 Å². The van der Waals surface area contributed by atoms with Gasteiger partial charge >= 0.3 is 0 Å². The van der Waals surface area contributed by atoms with Gasteiger partial charge in [0, 0.05) is 6.54 Å². The molecule has 0 unspecified atom stereocenters. The summed E-state index contributed by atoms with van der Waals surface area (Å²) in [6.45, 7) is 10.4. The normalized spacial score (nSPS) is 20.2. The lowest BCUT2D eigenvalue weighted by Gasteiger charge is -2.38. The lowest BCUT2D eigenvalue weighted by atomic mass is 9.75. The first-order valence-corrected chi connectivity index (χ1v) is 6.15. The van der Waals surface area contributed by atoms with E-state index >= 15 is 0 Å². The minimum absolute atomic E-state index is 0.458. The van der Waals surface area contributed by atoms with Crippen LogP contribution in [0.15, 0.2) is 17.1 Å². The topological polar surface area (TPSA) is 29.3 Å². The van der Waals surface area contributed by atoms with Crippen molar-refractivity contribution in [2.75, 3.05) is 13.1 Å². The van der Waals surface area contributed by atoms with Crippen LogP contribution in [0, 0.1) is 11.3 Å². The third-order valence-electron chi connectivity index (χ3n) is 3.68. The van der Waals surface area contributed by atoms with E-state index in [0.29, 0.717) is 5.41 Å². The third kappa shape index (κ3) is 2.85. The quantitative estimate of drug-likeness (QED) is 0.770. The Balaban J connectivity index is 1.82. The molecule has 0 saturated carbocycles. The highest BCUT2D eigenvalue weighted by Gasteiger charge is 2.28. The summed E-state index contributed by atoms with van der Waals surface area (Å²) in [4.78, 5) is 6.64. The molecule has 1 fully saturated rings. The Bertz CT molecular complexity index is 305. The van der Waals surface area contributed by atoms with Crippen molar-refractivity contribution in [3.05, 3.63) is 18.4 Å². The molecule has 0 amide bonds. The summed E-state index contributed by atoms with van der Waals surface area (Å²) >= 11 is 0. The average Bonchev–Trinajstić information content (AvgIpc) is 2.70. The van der Waals surface area contributed by atoms with E-state index in [0.717, 1.165) is 18.2 Å². The molecular weight excluding hydrogens is 200 g/mol. The van der Waals surface area contributed by atoms with Gasteiger partial charge in [0.1, 0.15) is 6.26 Å². The van der Waals surface area contributed by atoms with Crippen LogP contribution in [-0.2, 0) is 6.54 Å². The molecule has 1 aromatic rings. The molecule has 1 aromatic heterocycles. The highest BCUT2D eigenvalue weighted by Crippen LogP contribution is 2.34. The van der Waals surface area contributed by atoms with Gasteiger partial charge in [-0.25, -0.2) is 4.98 Å². The fourth-order valence-electron chi connectivity index (χ4n) is 2.50. The van der Waals surface area contributed by atoms with Crippen LogP contribution in [0.3, 0.4) is 0 Å². The van der Waals surface area contributed by atoms with E-state index in [2.05, 4.69) is 30.7 Å². The van der Waals surface area contributed by atoms with Crippen LogP contribution in [0.25, 0.3) is 0 Å². The van der Waals surface area contributed by atoms with Crippen molar-refractivity contribution in [2.24, 2.45) is 11.3 Å². The van der Waals surface area contributed by atoms with Gasteiger partial charge in [-0.15, -0.1) is 0 Å². The zero-order chi connectivity index (χ0) is 11.6. The van der Waals surface area contributed by atoms with Crippen molar-refractivity contribution >= 4 is 0 Å².